The Morgan fingerprint density at radius 1 is 1.35 bits per heavy atom. The topological polar surface area (TPSA) is 41.6 Å². The maximum Gasteiger partial charge on any atom is 0.191 e. The van der Waals surface area contributed by atoms with Gasteiger partial charge in [0.25, 0.3) is 0 Å². The van der Waals surface area contributed by atoms with E-state index in [1.807, 2.05) is 23.5 Å². The van der Waals surface area contributed by atoms with Crippen molar-refractivity contribution < 1.29 is 0 Å². The zero-order valence-corrected chi connectivity index (χ0v) is 12.9. The largest absolute Gasteiger partial charge is 0.370 e. The molecule has 1 rings (SSSR count). The van der Waals surface area contributed by atoms with Crippen molar-refractivity contribution in [3.05, 3.63) is 0 Å². The summed E-state index contributed by atoms with van der Waals surface area (Å²) >= 11 is 3.92. The predicted molar refractivity (Wildman–Crippen MR) is 82.2 cm³/mol. The van der Waals surface area contributed by atoms with Crippen LogP contribution in [-0.2, 0) is 0 Å². The molecule has 0 radical (unpaired) electrons. The molecule has 0 unspecified atom stereocenters. The highest BCUT2D eigenvalue weighted by Gasteiger charge is 2.25. The molecule has 0 aromatic heterocycles. The van der Waals surface area contributed by atoms with Gasteiger partial charge in [-0.05, 0) is 19.1 Å². The first-order chi connectivity index (χ1) is 8.17. The first-order valence-electron chi connectivity index (χ1n) is 6.35. The lowest BCUT2D eigenvalue weighted by atomic mass is 10.0. The number of thioether (sulfide) groups is 2. The van der Waals surface area contributed by atoms with Gasteiger partial charge < -0.3 is 10.6 Å². The summed E-state index contributed by atoms with van der Waals surface area (Å²) in [6, 6.07) is 0. The molecule has 0 amide bonds. The number of rotatable bonds is 5. The predicted octanol–water partition coefficient (Wildman–Crippen LogP) is 2.27. The van der Waals surface area contributed by atoms with Crippen LogP contribution in [0.15, 0.2) is 4.99 Å². The van der Waals surface area contributed by atoms with Gasteiger partial charge in [-0.2, -0.15) is 23.5 Å². The number of hydrogen-bond acceptors (Lipinski definition) is 3. The molecule has 0 aromatic carbocycles. The Hall–Kier alpha value is -0.0300. The molecule has 5 heteroatoms. The number of nitrogens with zero attached hydrogens (tertiary/aromatic N) is 2. The zero-order valence-electron chi connectivity index (χ0n) is 11.2. The van der Waals surface area contributed by atoms with Crippen LogP contribution in [0.4, 0.5) is 0 Å². The lowest BCUT2D eigenvalue weighted by Crippen LogP contribution is -2.43. The fourth-order valence-corrected chi connectivity index (χ4v) is 3.62. The molecule has 1 heterocycles. The Labute approximate surface area is 114 Å². The maximum atomic E-state index is 6.08. The highest BCUT2D eigenvalue weighted by molar-refractivity contribution is 8.00. The number of hydrogen-bond donors (Lipinski definition) is 1. The average molecular weight is 275 g/mol. The third-order valence-electron chi connectivity index (χ3n) is 3.59. The highest BCUT2D eigenvalue weighted by atomic mass is 32.2. The van der Waals surface area contributed by atoms with Crippen LogP contribution in [0.2, 0.25) is 0 Å². The summed E-state index contributed by atoms with van der Waals surface area (Å²) < 4.78 is 0.273. The smallest absolute Gasteiger partial charge is 0.191 e. The quantitative estimate of drug-likeness (QED) is 0.617. The summed E-state index contributed by atoms with van der Waals surface area (Å²) in [6.45, 7) is 7.41. The molecule has 3 nitrogen and oxygen atoms in total. The summed E-state index contributed by atoms with van der Waals surface area (Å²) in [5, 5.41) is 0. The van der Waals surface area contributed by atoms with Gasteiger partial charge in [0.05, 0.1) is 6.54 Å². The van der Waals surface area contributed by atoms with Crippen LogP contribution >= 0.6 is 23.5 Å². The molecule has 1 fully saturated rings. The Kier molecular flexibility index (Phi) is 6.55. The van der Waals surface area contributed by atoms with Crippen LogP contribution in [0.5, 0.6) is 0 Å². The van der Waals surface area contributed by atoms with Crippen molar-refractivity contribution in [2.45, 2.75) is 31.4 Å². The SMILES string of the molecule is CCC(CC)(CN=C(N)N1CCSCC1)SC. The van der Waals surface area contributed by atoms with Crippen molar-refractivity contribution in [3.63, 3.8) is 0 Å². The summed E-state index contributed by atoms with van der Waals surface area (Å²) in [4.78, 5) is 6.84. The molecule has 1 aliphatic rings. The van der Waals surface area contributed by atoms with E-state index in [0.717, 1.165) is 38.4 Å². The maximum absolute atomic E-state index is 6.08. The summed E-state index contributed by atoms with van der Waals surface area (Å²) in [5.41, 5.74) is 6.08. The minimum atomic E-state index is 0.273. The molecule has 0 bridgehead atoms. The minimum Gasteiger partial charge on any atom is -0.370 e. The van der Waals surface area contributed by atoms with Crippen LogP contribution in [0.1, 0.15) is 26.7 Å². The monoisotopic (exact) mass is 275 g/mol. The fourth-order valence-electron chi connectivity index (χ4n) is 1.94. The summed E-state index contributed by atoms with van der Waals surface area (Å²) in [7, 11) is 0. The van der Waals surface area contributed by atoms with Gasteiger partial charge in [0.2, 0.25) is 0 Å². The van der Waals surface area contributed by atoms with Crippen LogP contribution in [0.3, 0.4) is 0 Å². The molecular weight excluding hydrogens is 250 g/mol. The first-order valence-corrected chi connectivity index (χ1v) is 8.73. The Balaban J connectivity index is 2.55. The lowest BCUT2D eigenvalue weighted by Gasteiger charge is -2.30. The van der Waals surface area contributed by atoms with E-state index in [4.69, 9.17) is 5.73 Å². The number of nitrogens with two attached hydrogens (primary N) is 1. The Bertz CT molecular complexity index is 238. The normalized spacial score (nSPS) is 18.5. The van der Waals surface area contributed by atoms with Gasteiger partial charge in [-0.25, -0.2) is 0 Å². The Morgan fingerprint density at radius 2 is 1.94 bits per heavy atom. The second kappa shape index (κ2) is 7.41. The number of aliphatic imine (C=N–C) groups is 1. The fraction of sp³-hybridized carbons (Fsp3) is 0.917. The molecular formula is C12H25N3S2. The van der Waals surface area contributed by atoms with Crippen molar-refractivity contribution in [1.82, 2.24) is 4.90 Å². The molecule has 0 aliphatic carbocycles. The van der Waals surface area contributed by atoms with E-state index in [0.29, 0.717) is 0 Å². The molecule has 2 N–H and O–H groups in total. The Morgan fingerprint density at radius 3 is 2.41 bits per heavy atom. The van der Waals surface area contributed by atoms with Gasteiger partial charge in [-0.15, -0.1) is 0 Å². The molecule has 0 atom stereocenters. The standard InChI is InChI=1S/C12H25N3S2/c1-4-12(5-2,16-3)10-14-11(13)15-6-8-17-9-7-15/h4-10H2,1-3H3,(H2,13,14). The second-order valence-electron chi connectivity index (χ2n) is 4.37. The van der Waals surface area contributed by atoms with Crippen LogP contribution < -0.4 is 5.73 Å². The van der Waals surface area contributed by atoms with Crippen molar-refractivity contribution >= 4 is 29.5 Å². The van der Waals surface area contributed by atoms with E-state index in [1.54, 1.807) is 0 Å². The van der Waals surface area contributed by atoms with Crippen molar-refractivity contribution in [3.8, 4) is 0 Å². The minimum absolute atomic E-state index is 0.273. The first kappa shape index (κ1) is 15.0. The zero-order chi connectivity index (χ0) is 12.7. The highest BCUT2D eigenvalue weighted by Crippen LogP contribution is 2.30. The lowest BCUT2D eigenvalue weighted by molar-refractivity contribution is 0.452. The molecule has 17 heavy (non-hydrogen) atoms. The molecule has 0 spiro atoms. The van der Waals surface area contributed by atoms with Gasteiger partial charge in [0.15, 0.2) is 5.96 Å². The van der Waals surface area contributed by atoms with E-state index in [1.165, 1.54) is 11.5 Å². The molecule has 100 valence electrons. The summed E-state index contributed by atoms with van der Waals surface area (Å²) in [5.74, 6) is 3.09. The van der Waals surface area contributed by atoms with E-state index in [9.17, 15) is 0 Å². The van der Waals surface area contributed by atoms with Gasteiger partial charge in [-0.3, -0.25) is 4.99 Å². The van der Waals surface area contributed by atoms with Crippen molar-refractivity contribution in [2.75, 3.05) is 37.4 Å². The van der Waals surface area contributed by atoms with Crippen LogP contribution in [-0.4, -0.2) is 53.0 Å². The van der Waals surface area contributed by atoms with Crippen molar-refractivity contribution in [1.29, 1.82) is 0 Å². The average Bonchev–Trinajstić information content (AvgIpc) is 2.41. The van der Waals surface area contributed by atoms with Gasteiger partial charge in [0.1, 0.15) is 0 Å². The van der Waals surface area contributed by atoms with Gasteiger partial charge in [-0.1, -0.05) is 13.8 Å². The number of guanidine groups is 1. The molecule has 1 saturated heterocycles. The third kappa shape index (κ3) is 4.28. The van der Waals surface area contributed by atoms with E-state index < -0.39 is 0 Å². The summed E-state index contributed by atoms with van der Waals surface area (Å²) in [6.07, 6.45) is 4.48. The molecule has 1 aliphatic heterocycles. The van der Waals surface area contributed by atoms with Crippen molar-refractivity contribution in [2.24, 2.45) is 10.7 Å². The molecule has 0 saturated carbocycles. The van der Waals surface area contributed by atoms with E-state index in [2.05, 4.69) is 30.0 Å². The van der Waals surface area contributed by atoms with Gasteiger partial charge in [0, 0.05) is 29.3 Å². The van der Waals surface area contributed by atoms with Gasteiger partial charge >= 0.3 is 0 Å². The van der Waals surface area contributed by atoms with E-state index >= 15 is 0 Å². The van der Waals surface area contributed by atoms with Crippen LogP contribution in [0.25, 0.3) is 0 Å². The molecule has 0 aromatic rings. The second-order valence-corrected chi connectivity index (χ2v) is 6.87. The van der Waals surface area contributed by atoms with Crippen LogP contribution in [0, 0.1) is 0 Å². The van der Waals surface area contributed by atoms with E-state index in [-0.39, 0.29) is 4.75 Å². The third-order valence-corrected chi connectivity index (χ3v) is 6.10.